The lowest BCUT2D eigenvalue weighted by Crippen LogP contribution is -2.14. The molecule has 1 N–H and O–H groups in total. The van der Waals surface area contributed by atoms with Gasteiger partial charge in [0.1, 0.15) is 0 Å². The molecule has 0 amide bonds. The standard InChI is InChI=1S/C13H18O/c1-3-12-9-13(12,14)8-11-6-4-5-10(2)7-11/h4-7,12,14H,3,8-9H2,1-2H3. The third kappa shape index (κ3) is 1.83. The maximum Gasteiger partial charge on any atom is 0.0720 e. The number of hydrogen-bond donors (Lipinski definition) is 1. The van der Waals surface area contributed by atoms with Gasteiger partial charge in [-0.25, -0.2) is 0 Å². The van der Waals surface area contributed by atoms with Crippen molar-refractivity contribution in [3.8, 4) is 0 Å². The molecule has 1 aliphatic rings. The zero-order chi connectivity index (χ0) is 10.2. The Morgan fingerprint density at radius 1 is 1.50 bits per heavy atom. The van der Waals surface area contributed by atoms with Crippen LogP contribution in [0.3, 0.4) is 0 Å². The molecular formula is C13H18O. The molecule has 2 atom stereocenters. The van der Waals surface area contributed by atoms with Crippen LogP contribution >= 0.6 is 0 Å². The average molecular weight is 190 g/mol. The number of hydrogen-bond acceptors (Lipinski definition) is 1. The minimum Gasteiger partial charge on any atom is -0.389 e. The highest BCUT2D eigenvalue weighted by Gasteiger charge is 2.50. The molecule has 14 heavy (non-hydrogen) atoms. The summed E-state index contributed by atoms with van der Waals surface area (Å²) in [6.07, 6.45) is 2.91. The minimum atomic E-state index is -0.386. The fraction of sp³-hybridized carbons (Fsp3) is 0.538. The maximum atomic E-state index is 10.1. The van der Waals surface area contributed by atoms with Gasteiger partial charge in [-0.15, -0.1) is 0 Å². The second kappa shape index (κ2) is 3.39. The third-order valence-electron chi connectivity index (χ3n) is 3.29. The van der Waals surface area contributed by atoms with E-state index in [4.69, 9.17) is 0 Å². The van der Waals surface area contributed by atoms with Crippen molar-refractivity contribution in [3.05, 3.63) is 35.4 Å². The van der Waals surface area contributed by atoms with Gasteiger partial charge in [-0.05, 0) is 24.8 Å². The quantitative estimate of drug-likeness (QED) is 0.777. The lowest BCUT2D eigenvalue weighted by atomic mass is 10.0. The van der Waals surface area contributed by atoms with Crippen LogP contribution in [0, 0.1) is 12.8 Å². The number of rotatable bonds is 3. The molecule has 2 rings (SSSR count). The molecule has 2 unspecified atom stereocenters. The predicted molar refractivity (Wildman–Crippen MR) is 58.2 cm³/mol. The van der Waals surface area contributed by atoms with Gasteiger partial charge >= 0.3 is 0 Å². The van der Waals surface area contributed by atoms with Crippen molar-refractivity contribution in [2.75, 3.05) is 0 Å². The van der Waals surface area contributed by atoms with E-state index in [-0.39, 0.29) is 5.60 Å². The molecule has 1 nitrogen and oxygen atoms in total. The molecule has 1 saturated carbocycles. The highest BCUT2D eigenvalue weighted by molar-refractivity contribution is 5.25. The Labute approximate surface area is 85.8 Å². The van der Waals surface area contributed by atoms with Crippen LogP contribution in [0.15, 0.2) is 24.3 Å². The highest BCUT2D eigenvalue weighted by atomic mass is 16.3. The minimum absolute atomic E-state index is 0.386. The van der Waals surface area contributed by atoms with Gasteiger partial charge in [-0.1, -0.05) is 43.2 Å². The molecule has 0 spiro atoms. The molecule has 0 heterocycles. The lowest BCUT2D eigenvalue weighted by molar-refractivity contribution is 0.130. The summed E-state index contributed by atoms with van der Waals surface area (Å²) < 4.78 is 0. The first kappa shape index (κ1) is 9.72. The summed E-state index contributed by atoms with van der Waals surface area (Å²) in [6, 6.07) is 8.44. The van der Waals surface area contributed by atoms with Crippen molar-refractivity contribution in [1.82, 2.24) is 0 Å². The van der Waals surface area contributed by atoms with Crippen molar-refractivity contribution in [3.63, 3.8) is 0 Å². The maximum absolute atomic E-state index is 10.1. The van der Waals surface area contributed by atoms with Crippen molar-refractivity contribution in [2.24, 2.45) is 5.92 Å². The van der Waals surface area contributed by atoms with E-state index in [1.54, 1.807) is 0 Å². The van der Waals surface area contributed by atoms with Crippen molar-refractivity contribution < 1.29 is 5.11 Å². The first-order valence-corrected chi connectivity index (χ1v) is 5.42. The van der Waals surface area contributed by atoms with Gasteiger partial charge < -0.3 is 5.11 Å². The SMILES string of the molecule is CCC1CC1(O)Cc1cccc(C)c1. The molecule has 76 valence electrons. The van der Waals surface area contributed by atoms with Crippen LogP contribution in [0.1, 0.15) is 30.9 Å². The van der Waals surface area contributed by atoms with Crippen LogP contribution in [0.25, 0.3) is 0 Å². The highest BCUT2D eigenvalue weighted by Crippen LogP contribution is 2.47. The van der Waals surface area contributed by atoms with Gasteiger partial charge in [0.25, 0.3) is 0 Å². The summed E-state index contributed by atoms with van der Waals surface area (Å²) in [5.74, 6) is 0.531. The van der Waals surface area contributed by atoms with E-state index in [0.717, 1.165) is 19.3 Å². The summed E-state index contributed by atoms with van der Waals surface area (Å²) in [4.78, 5) is 0. The van der Waals surface area contributed by atoms with E-state index in [2.05, 4.69) is 38.1 Å². The van der Waals surface area contributed by atoms with Crippen LogP contribution < -0.4 is 0 Å². The molecular weight excluding hydrogens is 172 g/mol. The molecule has 1 heteroatoms. The smallest absolute Gasteiger partial charge is 0.0720 e. The molecule has 0 aliphatic heterocycles. The molecule has 0 bridgehead atoms. The summed E-state index contributed by atoms with van der Waals surface area (Å²) in [5, 5.41) is 10.1. The number of benzene rings is 1. The Bertz CT molecular complexity index is 332. The predicted octanol–water partition coefficient (Wildman–Crippen LogP) is 2.70. The van der Waals surface area contributed by atoms with Crippen LogP contribution in [0.4, 0.5) is 0 Å². The van der Waals surface area contributed by atoms with Gasteiger partial charge in [0.15, 0.2) is 0 Å². The Kier molecular flexibility index (Phi) is 2.36. The van der Waals surface area contributed by atoms with Crippen molar-refractivity contribution >= 4 is 0 Å². The lowest BCUT2D eigenvalue weighted by Gasteiger charge is -2.10. The summed E-state index contributed by atoms with van der Waals surface area (Å²) in [5.41, 5.74) is 2.16. The molecule has 0 radical (unpaired) electrons. The fourth-order valence-electron chi connectivity index (χ4n) is 2.28. The van der Waals surface area contributed by atoms with E-state index < -0.39 is 0 Å². The molecule has 1 fully saturated rings. The van der Waals surface area contributed by atoms with E-state index in [0.29, 0.717) is 5.92 Å². The Morgan fingerprint density at radius 2 is 2.29 bits per heavy atom. The van der Waals surface area contributed by atoms with Gasteiger partial charge in [0, 0.05) is 6.42 Å². The summed E-state index contributed by atoms with van der Waals surface area (Å²) in [7, 11) is 0. The molecule has 1 aliphatic carbocycles. The number of aliphatic hydroxyl groups is 1. The zero-order valence-electron chi connectivity index (χ0n) is 8.96. The van der Waals surface area contributed by atoms with Gasteiger partial charge in [-0.3, -0.25) is 0 Å². The van der Waals surface area contributed by atoms with Crippen molar-refractivity contribution in [2.45, 2.75) is 38.7 Å². The number of aryl methyl sites for hydroxylation is 1. The fourth-order valence-corrected chi connectivity index (χ4v) is 2.28. The summed E-state index contributed by atoms with van der Waals surface area (Å²) >= 11 is 0. The van der Waals surface area contributed by atoms with Gasteiger partial charge in [0.05, 0.1) is 5.60 Å². The molecule has 1 aromatic carbocycles. The van der Waals surface area contributed by atoms with Crippen LogP contribution in [0.5, 0.6) is 0 Å². The molecule has 1 aromatic rings. The molecule has 0 saturated heterocycles. The third-order valence-corrected chi connectivity index (χ3v) is 3.29. The van der Waals surface area contributed by atoms with Gasteiger partial charge in [0.2, 0.25) is 0 Å². The first-order chi connectivity index (χ1) is 6.64. The zero-order valence-corrected chi connectivity index (χ0v) is 8.96. The normalized spacial score (nSPS) is 30.4. The second-order valence-electron chi connectivity index (χ2n) is 4.58. The average Bonchev–Trinajstić information content (AvgIpc) is 2.76. The van der Waals surface area contributed by atoms with E-state index >= 15 is 0 Å². The molecule has 0 aromatic heterocycles. The monoisotopic (exact) mass is 190 g/mol. The van der Waals surface area contributed by atoms with E-state index in [1.165, 1.54) is 11.1 Å². The van der Waals surface area contributed by atoms with E-state index in [9.17, 15) is 5.11 Å². The Hall–Kier alpha value is -0.820. The van der Waals surface area contributed by atoms with Crippen LogP contribution in [0.2, 0.25) is 0 Å². The van der Waals surface area contributed by atoms with Crippen LogP contribution in [-0.2, 0) is 6.42 Å². The second-order valence-corrected chi connectivity index (χ2v) is 4.58. The van der Waals surface area contributed by atoms with Gasteiger partial charge in [-0.2, -0.15) is 0 Å². The summed E-state index contributed by atoms with van der Waals surface area (Å²) in [6.45, 7) is 4.25. The largest absolute Gasteiger partial charge is 0.389 e. The Balaban J connectivity index is 2.05. The van der Waals surface area contributed by atoms with E-state index in [1.807, 2.05) is 0 Å². The van der Waals surface area contributed by atoms with Crippen molar-refractivity contribution in [1.29, 1.82) is 0 Å². The Morgan fingerprint density at radius 3 is 2.86 bits per heavy atom. The van der Waals surface area contributed by atoms with Crippen LogP contribution in [-0.4, -0.2) is 10.7 Å². The topological polar surface area (TPSA) is 20.2 Å². The first-order valence-electron chi connectivity index (χ1n) is 5.42.